The number of nitriles is 1. The number of nitrogens with zero attached hydrogens (tertiary/aromatic N) is 1. The van der Waals surface area contributed by atoms with E-state index in [0.29, 0.717) is 18.6 Å². The van der Waals surface area contributed by atoms with E-state index in [1.54, 1.807) is 0 Å². The van der Waals surface area contributed by atoms with E-state index in [0.717, 1.165) is 0 Å². The fourth-order valence-corrected chi connectivity index (χ4v) is 1.41. The number of aliphatic carboxylic acids is 1. The topological polar surface area (TPSA) is 78.2 Å². The molecule has 0 aromatic carbocycles. The largest absolute Gasteiger partial charge is 0.481 e. The van der Waals surface area contributed by atoms with Crippen LogP contribution in [0.5, 0.6) is 0 Å². The average molecular weight is 175 g/mol. The molecule has 0 aromatic rings. The van der Waals surface area contributed by atoms with E-state index >= 15 is 0 Å². The molecule has 1 atom stereocenters. The maximum Gasteiger partial charge on any atom is 0.316 e. The molecule has 0 fully saturated rings. The van der Waals surface area contributed by atoms with Crippen molar-refractivity contribution in [1.82, 2.24) is 0 Å². The van der Waals surface area contributed by atoms with E-state index in [1.165, 1.54) is 0 Å². The average Bonchev–Trinajstić information content (AvgIpc) is 1.86. The van der Waals surface area contributed by atoms with E-state index in [2.05, 4.69) is 0 Å². The van der Waals surface area contributed by atoms with Gasteiger partial charge in [0.05, 0.1) is 6.07 Å². The molecule has 0 aliphatic carbocycles. The molecule has 0 aliphatic rings. The van der Waals surface area contributed by atoms with Crippen molar-refractivity contribution in [2.45, 2.75) is 12.8 Å². The summed E-state index contributed by atoms with van der Waals surface area (Å²) in [5.41, 5.74) is 0. The molecular weight excluding hydrogens is 166 g/mol. The zero-order valence-electron chi connectivity index (χ0n) is 5.95. The lowest BCUT2D eigenvalue weighted by Crippen LogP contribution is -2.11. The molecule has 4 nitrogen and oxygen atoms in total. The normalized spacial score (nSPS) is 11.9. The van der Waals surface area contributed by atoms with Gasteiger partial charge in [0.2, 0.25) is 0 Å². The highest BCUT2D eigenvalue weighted by Crippen LogP contribution is 1.91. The Morgan fingerprint density at radius 2 is 2.27 bits per heavy atom. The molecule has 0 radical (unpaired) electrons. The van der Waals surface area contributed by atoms with Crippen molar-refractivity contribution in [1.29, 1.82) is 5.26 Å². The molecule has 1 unspecified atom stereocenters. The van der Waals surface area contributed by atoms with Gasteiger partial charge in [-0.3, -0.25) is 9.00 Å². The first-order chi connectivity index (χ1) is 5.16. The number of rotatable bonds is 5. The molecule has 0 spiro atoms. The van der Waals surface area contributed by atoms with Gasteiger partial charge in [0.1, 0.15) is 5.75 Å². The van der Waals surface area contributed by atoms with Crippen molar-refractivity contribution in [3.63, 3.8) is 0 Å². The molecule has 0 saturated carbocycles. The molecule has 0 heterocycles. The lowest BCUT2D eigenvalue weighted by atomic mass is 10.4. The summed E-state index contributed by atoms with van der Waals surface area (Å²) in [6.45, 7) is 0. The minimum absolute atomic E-state index is 0.305. The van der Waals surface area contributed by atoms with E-state index in [9.17, 15) is 9.00 Å². The van der Waals surface area contributed by atoms with E-state index < -0.39 is 16.8 Å². The van der Waals surface area contributed by atoms with Crippen LogP contribution < -0.4 is 0 Å². The lowest BCUT2D eigenvalue weighted by molar-refractivity contribution is -0.133. The highest BCUT2D eigenvalue weighted by atomic mass is 32.2. The van der Waals surface area contributed by atoms with Gasteiger partial charge in [0.15, 0.2) is 0 Å². The Hall–Kier alpha value is -0.890. The molecular formula is C6H9NO3S. The van der Waals surface area contributed by atoms with Crippen molar-refractivity contribution >= 4 is 16.8 Å². The summed E-state index contributed by atoms with van der Waals surface area (Å²) in [6, 6.07) is 1.89. The molecule has 0 aliphatic heterocycles. The summed E-state index contributed by atoms with van der Waals surface area (Å²) in [6.07, 6.45) is 0.849. The third-order valence-corrected chi connectivity index (χ3v) is 2.26. The van der Waals surface area contributed by atoms with Crippen molar-refractivity contribution in [3.05, 3.63) is 0 Å². The maximum atomic E-state index is 10.7. The fraction of sp³-hybridized carbons (Fsp3) is 0.667. The highest BCUT2D eigenvalue weighted by molar-refractivity contribution is 7.85. The molecule has 0 rings (SSSR count). The van der Waals surface area contributed by atoms with Gasteiger partial charge in [-0.05, 0) is 6.42 Å². The van der Waals surface area contributed by atoms with Gasteiger partial charge in [0.25, 0.3) is 0 Å². The SMILES string of the molecule is N#CCCCS(=O)CC(=O)O. The third-order valence-electron chi connectivity index (χ3n) is 0.945. The number of carbonyl (C=O) groups is 1. The van der Waals surface area contributed by atoms with Crippen LogP contribution in [0.2, 0.25) is 0 Å². The summed E-state index contributed by atoms with van der Waals surface area (Å²) in [5, 5.41) is 16.3. The minimum atomic E-state index is -1.30. The van der Waals surface area contributed by atoms with Crippen molar-refractivity contribution in [3.8, 4) is 6.07 Å². The number of carboxylic acids is 1. The number of unbranched alkanes of at least 4 members (excludes halogenated alkanes) is 1. The van der Waals surface area contributed by atoms with Crippen molar-refractivity contribution < 1.29 is 14.1 Å². The summed E-state index contributed by atoms with van der Waals surface area (Å²) in [7, 11) is -1.30. The Balaban J connectivity index is 3.39. The van der Waals surface area contributed by atoms with Gasteiger partial charge >= 0.3 is 5.97 Å². The summed E-state index contributed by atoms with van der Waals surface area (Å²) in [5.74, 6) is -1.06. The molecule has 0 saturated heterocycles. The smallest absolute Gasteiger partial charge is 0.316 e. The first-order valence-corrected chi connectivity index (χ1v) is 4.59. The second-order valence-corrected chi connectivity index (χ2v) is 3.52. The van der Waals surface area contributed by atoms with Crippen molar-refractivity contribution in [2.24, 2.45) is 0 Å². The minimum Gasteiger partial charge on any atom is -0.481 e. The van der Waals surface area contributed by atoms with Gasteiger partial charge < -0.3 is 5.11 Å². The van der Waals surface area contributed by atoms with Crippen LogP contribution in [0.15, 0.2) is 0 Å². The Bertz CT molecular complexity index is 196. The fourth-order valence-electron chi connectivity index (χ4n) is 0.522. The van der Waals surface area contributed by atoms with Crippen LogP contribution in [0.25, 0.3) is 0 Å². The highest BCUT2D eigenvalue weighted by Gasteiger charge is 2.04. The second-order valence-electron chi connectivity index (χ2n) is 1.94. The number of hydrogen-bond donors (Lipinski definition) is 1. The standard InChI is InChI=1S/C6H9NO3S/c7-3-1-2-4-11(10)5-6(8)9/h1-2,4-5H2,(H,8,9). The predicted molar refractivity (Wildman–Crippen MR) is 40.4 cm³/mol. The van der Waals surface area contributed by atoms with Gasteiger partial charge in [-0.25, -0.2) is 0 Å². The Morgan fingerprint density at radius 3 is 2.73 bits per heavy atom. The van der Waals surface area contributed by atoms with Crippen LogP contribution >= 0.6 is 0 Å². The second kappa shape index (κ2) is 5.86. The molecule has 0 bridgehead atoms. The lowest BCUT2D eigenvalue weighted by Gasteiger charge is -1.94. The van der Waals surface area contributed by atoms with Crippen LogP contribution in [0.1, 0.15) is 12.8 Å². The Labute approximate surface area is 67.3 Å². The molecule has 0 amide bonds. The first-order valence-electron chi connectivity index (χ1n) is 3.10. The Morgan fingerprint density at radius 1 is 1.64 bits per heavy atom. The zero-order chi connectivity index (χ0) is 8.69. The van der Waals surface area contributed by atoms with Crippen molar-refractivity contribution in [2.75, 3.05) is 11.5 Å². The van der Waals surface area contributed by atoms with Gasteiger partial charge in [0, 0.05) is 23.0 Å². The van der Waals surface area contributed by atoms with Crippen LogP contribution in [-0.2, 0) is 15.6 Å². The summed E-state index contributed by atoms with van der Waals surface area (Å²) < 4.78 is 10.7. The van der Waals surface area contributed by atoms with Gasteiger partial charge in [-0.1, -0.05) is 0 Å². The van der Waals surface area contributed by atoms with E-state index in [-0.39, 0.29) is 5.75 Å². The zero-order valence-corrected chi connectivity index (χ0v) is 6.76. The molecule has 5 heteroatoms. The van der Waals surface area contributed by atoms with Gasteiger partial charge in [-0.15, -0.1) is 0 Å². The monoisotopic (exact) mass is 175 g/mol. The van der Waals surface area contributed by atoms with Gasteiger partial charge in [-0.2, -0.15) is 5.26 Å². The quantitative estimate of drug-likeness (QED) is 0.602. The van der Waals surface area contributed by atoms with E-state index in [1.807, 2.05) is 6.07 Å². The summed E-state index contributed by atoms with van der Waals surface area (Å²) >= 11 is 0. The number of hydrogen-bond acceptors (Lipinski definition) is 3. The third kappa shape index (κ3) is 7.00. The molecule has 1 N–H and O–H groups in total. The van der Waals surface area contributed by atoms with E-state index in [4.69, 9.17) is 10.4 Å². The van der Waals surface area contributed by atoms with Crippen LogP contribution in [0.3, 0.4) is 0 Å². The predicted octanol–water partition coefficient (Wildman–Crippen LogP) is 0.123. The molecule has 62 valence electrons. The molecule has 11 heavy (non-hydrogen) atoms. The Kier molecular flexibility index (Phi) is 5.39. The maximum absolute atomic E-state index is 10.7. The summed E-state index contributed by atoms with van der Waals surface area (Å²) in [4.78, 5) is 9.98. The first kappa shape index (κ1) is 10.1. The van der Waals surface area contributed by atoms with Crippen LogP contribution in [0, 0.1) is 11.3 Å². The van der Waals surface area contributed by atoms with Crippen LogP contribution in [-0.4, -0.2) is 26.8 Å². The number of carboxylic acid groups (broad SMARTS) is 1. The molecule has 0 aromatic heterocycles. The van der Waals surface area contributed by atoms with Crippen LogP contribution in [0.4, 0.5) is 0 Å².